The van der Waals surface area contributed by atoms with Crippen molar-refractivity contribution < 1.29 is 35.7 Å². The zero-order chi connectivity index (χ0) is 6.85. The SMILES string of the molecule is C[C@@H]1CCCC(=O)[C@H]1[Y]. The van der Waals surface area contributed by atoms with E-state index < -0.39 is 0 Å². The molecule has 48 valence electrons. The van der Waals surface area contributed by atoms with E-state index in [9.17, 15) is 4.79 Å². The number of carbonyl (C=O) groups is 1. The molecule has 2 atom stereocenters. The fourth-order valence-electron chi connectivity index (χ4n) is 1.26. The van der Waals surface area contributed by atoms with E-state index in [4.69, 9.17) is 0 Å². The second-order valence-corrected chi connectivity index (χ2v) is 4.63. The van der Waals surface area contributed by atoms with Gasteiger partial charge in [0.25, 0.3) is 0 Å². The first-order valence-corrected chi connectivity index (χ1v) is 5.14. The first-order chi connectivity index (χ1) is 4.22. The van der Waals surface area contributed by atoms with E-state index in [1.807, 2.05) is 0 Å². The molecule has 1 rings (SSSR count). The van der Waals surface area contributed by atoms with Crippen LogP contribution in [0.25, 0.3) is 0 Å². The average Bonchev–Trinajstić information content (AvgIpc) is 1.83. The van der Waals surface area contributed by atoms with E-state index in [1.54, 1.807) is 0 Å². The second kappa shape index (κ2) is 3.25. The van der Waals surface area contributed by atoms with Gasteiger partial charge in [0.05, 0.1) is 0 Å². The van der Waals surface area contributed by atoms with Crippen LogP contribution in [-0.2, 0) is 35.7 Å². The van der Waals surface area contributed by atoms with Crippen molar-refractivity contribution in [1.29, 1.82) is 0 Å². The monoisotopic (exact) mass is 200 g/mol. The minimum absolute atomic E-state index is 0.462. The van der Waals surface area contributed by atoms with Gasteiger partial charge in [-0.25, -0.2) is 0 Å². The molecule has 0 aliphatic heterocycles. The Morgan fingerprint density at radius 1 is 1.67 bits per heavy atom. The van der Waals surface area contributed by atoms with Crippen molar-refractivity contribution in [3.05, 3.63) is 0 Å². The summed E-state index contributed by atoms with van der Waals surface area (Å²) in [4.78, 5) is 11.0. The molecule has 0 N–H and O–H groups in total. The van der Waals surface area contributed by atoms with Crippen LogP contribution in [0.2, 0.25) is 2.73 Å². The van der Waals surface area contributed by atoms with Gasteiger partial charge in [-0.1, -0.05) is 0 Å². The normalized spacial score (nSPS) is 36.7. The molecular formula is C7H11OY. The third-order valence-electron chi connectivity index (χ3n) is 2.07. The van der Waals surface area contributed by atoms with Crippen LogP contribution in [0.4, 0.5) is 0 Å². The molecule has 1 nitrogen and oxygen atoms in total. The summed E-state index contributed by atoms with van der Waals surface area (Å²) < 4.78 is 0.462. The predicted octanol–water partition coefficient (Wildman–Crippen LogP) is 1.71. The molecule has 0 radical (unpaired) electrons. The van der Waals surface area contributed by atoms with Gasteiger partial charge in [-0.05, 0) is 0 Å². The van der Waals surface area contributed by atoms with Crippen LogP contribution in [-0.4, -0.2) is 5.78 Å². The summed E-state index contributed by atoms with van der Waals surface area (Å²) in [5, 5.41) is 0. The fraction of sp³-hybridized carbons (Fsp3) is 0.857. The van der Waals surface area contributed by atoms with Crippen molar-refractivity contribution in [3.63, 3.8) is 0 Å². The van der Waals surface area contributed by atoms with Crippen LogP contribution in [0.5, 0.6) is 0 Å². The summed E-state index contributed by atoms with van der Waals surface area (Å²) in [6.45, 7) is 2.20. The molecular weight excluding hydrogens is 189 g/mol. The summed E-state index contributed by atoms with van der Waals surface area (Å²) in [5.74, 6) is 1.21. The molecule has 0 amide bonds. The molecule has 1 aliphatic carbocycles. The Morgan fingerprint density at radius 3 is 2.78 bits per heavy atom. The number of hydrogen-bond donors (Lipinski definition) is 0. The molecule has 1 aliphatic rings. The maximum absolute atomic E-state index is 11.0. The fourth-order valence-corrected chi connectivity index (χ4v) is 2.14. The van der Waals surface area contributed by atoms with Gasteiger partial charge in [0, 0.05) is 0 Å². The zero-order valence-electron chi connectivity index (χ0n) is 5.76. The first-order valence-electron chi connectivity index (χ1n) is 3.50. The van der Waals surface area contributed by atoms with Crippen molar-refractivity contribution >= 4 is 5.78 Å². The van der Waals surface area contributed by atoms with Crippen molar-refractivity contribution in [2.75, 3.05) is 0 Å². The molecule has 0 aromatic carbocycles. The molecule has 0 aromatic heterocycles. The molecule has 2 heteroatoms. The number of carbonyl (C=O) groups excluding carboxylic acids is 1. The summed E-state index contributed by atoms with van der Waals surface area (Å²) >= 11 is 1.13. The Bertz CT molecular complexity index is 122. The predicted molar refractivity (Wildman–Crippen MR) is 31.8 cm³/mol. The Labute approximate surface area is 76.0 Å². The molecule has 0 saturated heterocycles. The standard InChI is InChI=1S/C7H11O.Y/c1-6-3-2-4-7(8)5-6;/h5-6H,2-4H2,1H3;/t6-;/m1./s1. The van der Waals surface area contributed by atoms with Crippen molar-refractivity contribution in [2.45, 2.75) is 28.9 Å². The van der Waals surface area contributed by atoms with Crippen LogP contribution in [0.3, 0.4) is 0 Å². The van der Waals surface area contributed by atoms with Gasteiger partial charge in [-0.15, -0.1) is 0 Å². The van der Waals surface area contributed by atoms with E-state index in [0.717, 1.165) is 43.8 Å². The van der Waals surface area contributed by atoms with Gasteiger partial charge in [0.1, 0.15) is 0 Å². The molecule has 9 heavy (non-hydrogen) atoms. The Kier molecular flexibility index (Phi) is 2.84. The third kappa shape index (κ3) is 1.84. The van der Waals surface area contributed by atoms with E-state index >= 15 is 0 Å². The first kappa shape index (κ1) is 7.88. The molecule has 0 bridgehead atoms. The zero-order valence-corrected chi connectivity index (χ0v) is 8.60. The number of ketones is 1. The van der Waals surface area contributed by atoms with Crippen LogP contribution in [0.1, 0.15) is 26.2 Å². The van der Waals surface area contributed by atoms with Gasteiger partial charge >= 0.3 is 76.4 Å². The molecule has 0 unspecified atom stereocenters. The topological polar surface area (TPSA) is 17.1 Å². The van der Waals surface area contributed by atoms with E-state index in [-0.39, 0.29) is 0 Å². The molecule has 0 aromatic rings. The van der Waals surface area contributed by atoms with Gasteiger partial charge in [0.15, 0.2) is 0 Å². The molecule has 0 heterocycles. The van der Waals surface area contributed by atoms with Crippen LogP contribution in [0.15, 0.2) is 0 Å². The van der Waals surface area contributed by atoms with Gasteiger partial charge in [-0.2, -0.15) is 0 Å². The maximum atomic E-state index is 11.0. The van der Waals surface area contributed by atoms with Crippen molar-refractivity contribution in [2.24, 2.45) is 5.92 Å². The quantitative estimate of drug-likeness (QED) is 0.581. The number of rotatable bonds is 0. The van der Waals surface area contributed by atoms with Crippen molar-refractivity contribution in [1.82, 2.24) is 0 Å². The van der Waals surface area contributed by atoms with Crippen molar-refractivity contribution in [3.8, 4) is 0 Å². The van der Waals surface area contributed by atoms with Gasteiger partial charge in [-0.3, -0.25) is 0 Å². The summed E-state index contributed by atoms with van der Waals surface area (Å²) in [6, 6.07) is 0. The summed E-state index contributed by atoms with van der Waals surface area (Å²) in [6.07, 6.45) is 3.27. The number of Topliss-reactive ketones (excluding diaryl/α,β-unsaturated/α-hetero) is 1. The third-order valence-corrected chi connectivity index (χ3v) is 4.60. The van der Waals surface area contributed by atoms with E-state index in [0.29, 0.717) is 14.4 Å². The molecule has 1 fully saturated rings. The van der Waals surface area contributed by atoms with Crippen LogP contribution in [0, 0.1) is 5.92 Å². The number of hydrogen-bond acceptors (Lipinski definition) is 1. The Morgan fingerprint density at radius 2 is 2.33 bits per heavy atom. The molecule has 1 saturated carbocycles. The molecule has 0 spiro atoms. The summed E-state index contributed by atoms with van der Waals surface area (Å²) in [7, 11) is 0. The average molecular weight is 200 g/mol. The van der Waals surface area contributed by atoms with E-state index in [2.05, 4.69) is 6.92 Å². The Balaban J connectivity index is 2.51. The minimum atomic E-state index is 0.462. The Hall–Kier alpha value is 0.774. The van der Waals surface area contributed by atoms with Gasteiger partial charge < -0.3 is 0 Å². The van der Waals surface area contributed by atoms with Gasteiger partial charge in [0.2, 0.25) is 0 Å². The summed E-state index contributed by atoms with van der Waals surface area (Å²) in [5.41, 5.74) is 0. The van der Waals surface area contributed by atoms with Crippen LogP contribution < -0.4 is 0 Å². The van der Waals surface area contributed by atoms with E-state index in [1.165, 1.54) is 6.42 Å². The van der Waals surface area contributed by atoms with Crippen LogP contribution >= 0.6 is 0 Å². The second-order valence-electron chi connectivity index (χ2n) is 2.86.